The van der Waals surface area contributed by atoms with E-state index in [0.29, 0.717) is 5.92 Å². The van der Waals surface area contributed by atoms with Gasteiger partial charge in [0, 0.05) is 30.0 Å². The quantitative estimate of drug-likeness (QED) is 0.328. The lowest BCUT2D eigenvalue weighted by molar-refractivity contribution is -2.00. The number of rotatable bonds is 7. The Morgan fingerprint density at radius 1 is 0.763 bits per heavy atom. The molecule has 0 radical (unpaired) electrons. The predicted molar refractivity (Wildman–Crippen MR) is 133 cm³/mol. The molecule has 2 N–H and O–H groups in total. The summed E-state index contributed by atoms with van der Waals surface area (Å²) in [5, 5.41) is 5.24. The molecule has 0 spiro atoms. The van der Waals surface area contributed by atoms with Crippen LogP contribution in [0.5, 0.6) is 0 Å². The molecule has 0 atom stereocenters. The fourth-order valence-electron chi connectivity index (χ4n) is 4.10. The molecule has 38 heavy (non-hydrogen) atoms. The number of pyridine rings is 1. The van der Waals surface area contributed by atoms with Gasteiger partial charge in [0.1, 0.15) is 0 Å². The second-order valence-corrected chi connectivity index (χ2v) is 11.2. The van der Waals surface area contributed by atoms with Gasteiger partial charge in [0.2, 0.25) is 15.7 Å². The lowest BCUT2D eigenvalue weighted by Crippen LogP contribution is -2.68. The molecular weight excluding hydrogens is 528 g/mol. The Balaban J connectivity index is 0.000000732. The molecule has 8 nitrogen and oxygen atoms in total. The van der Waals surface area contributed by atoms with Crippen molar-refractivity contribution in [3.05, 3.63) is 108 Å². The molecule has 0 amide bonds. The first-order chi connectivity index (χ1) is 17.8. The Morgan fingerprint density at radius 2 is 1.26 bits per heavy atom. The summed E-state index contributed by atoms with van der Waals surface area (Å²) >= 11 is 0. The van der Waals surface area contributed by atoms with E-state index in [9.17, 15) is 8.42 Å². The van der Waals surface area contributed by atoms with Gasteiger partial charge >= 0.3 is 0 Å². The van der Waals surface area contributed by atoms with Crippen molar-refractivity contribution in [1.82, 2.24) is 0 Å². The van der Waals surface area contributed by atoms with Crippen LogP contribution in [0.1, 0.15) is 31.0 Å². The largest absolute Gasteiger partial charge is 0.238 e. The number of aromatic nitrogens is 1. The number of aryl methyl sites for hydroxylation is 1. The van der Waals surface area contributed by atoms with E-state index in [4.69, 9.17) is 23.8 Å². The van der Waals surface area contributed by atoms with Gasteiger partial charge in [-0.2, -0.15) is 4.57 Å². The number of halogens is 1. The number of benzene rings is 3. The van der Waals surface area contributed by atoms with E-state index in [-0.39, 0.29) is 4.90 Å². The normalized spacial score (nSPS) is 11.7. The highest BCUT2D eigenvalue weighted by molar-refractivity contribution is 7.89. The van der Waals surface area contributed by atoms with E-state index < -0.39 is 20.3 Å². The minimum absolute atomic E-state index is 0.138. The molecule has 4 aromatic rings. The van der Waals surface area contributed by atoms with Crippen molar-refractivity contribution in [3.8, 4) is 22.4 Å². The smallest absolute Gasteiger partial charge is 0.225 e. The first kappa shape index (κ1) is 29.4. The van der Waals surface area contributed by atoms with Gasteiger partial charge in [-0.1, -0.05) is 74.5 Å². The third-order valence-electron chi connectivity index (χ3n) is 5.84. The Morgan fingerprint density at radius 3 is 1.74 bits per heavy atom. The highest BCUT2D eigenvalue weighted by atomic mass is 35.7. The van der Waals surface area contributed by atoms with Gasteiger partial charge in [0.15, 0.2) is 12.2 Å². The summed E-state index contributed by atoms with van der Waals surface area (Å²) in [6, 6.07) is 32.3. The highest BCUT2D eigenvalue weighted by Crippen LogP contribution is 2.27. The fraction of sp³-hybridized carbons (Fsp3) is 0.179. The molecule has 10 heteroatoms. The van der Waals surface area contributed by atoms with Crippen molar-refractivity contribution in [3.63, 3.8) is 0 Å². The molecule has 0 aliphatic heterocycles. The second kappa shape index (κ2) is 12.6. The monoisotopic (exact) mass is 556 g/mol. The highest BCUT2D eigenvalue weighted by Gasteiger charge is 2.23. The molecule has 0 aliphatic rings. The zero-order valence-electron chi connectivity index (χ0n) is 21.0. The van der Waals surface area contributed by atoms with Crippen LogP contribution < -0.4 is 28.3 Å². The van der Waals surface area contributed by atoms with E-state index in [2.05, 4.69) is 79.1 Å². The van der Waals surface area contributed by atoms with E-state index in [1.54, 1.807) is 12.1 Å². The first-order valence-electron chi connectivity index (χ1n) is 11.7. The maximum Gasteiger partial charge on any atom is 0.238 e. The standard InChI is InChI=1S/C28H29N2O2S.ClHO4/c1-21(2)27-19-25(23-9-5-3-6-10-23)20-28(24-11-7-4-8-12-24)30(27)18-17-22-13-15-26(16-14-22)33(29,31)32;2-1(3,4)5/h3-16,19-21H,17-18H2,1-2H3,(H2,29,31,32);(H,2,3,4,5)/q+1;/p-1. The molecule has 0 saturated heterocycles. The van der Waals surface area contributed by atoms with E-state index in [1.807, 2.05) is 24.3 Å². The minimum Gasteiger partial charge on any atom is -0.225 e. The Bertz CT molecular complexity index is 1430. The van der Waals surface area contributed by atoms with Gasteiger partial charge in [-0.25, -0.2) is 32.2 Å². The van der Waals surface area contributed by atoms with Crippen molar-refractivity contribution < 1.29 is 41.9 Å². The Hall–Kier alpha value is -3.15. The van der Waals surface area contributed by atoms with Crippen molar-refractivity contribution in [2.45, 2.75) is 37.6 Å². The number of hydrogen-bond acceptors (Lipinski definition) is 6. The van der Waals surface area contributed by atoms with Crippen LogP contribution in [0.4, 0.5) is 0 Å². The van der Waals surface area contributed by atoms with E-state index >= 15 is 0 Å². The molecule has 1 heterocycles. The SMILES string of the molecule is CC(C)c1cc(-c2ccccc2)cc(-c2ccccc2)[n+]1CCc1ccc(S(N)(=O)=O)cc1.[O-][Cl+3]([O-])([O-])[O-]. The van der Waals surface area contributed by atoms with Crippen LogP contribution in [-0.4, -0.2) is 8.42 Å². The average molecular weight is 557 g/mol. The van der Waals surface area contributed by atoms with Crippen LogP contribution in [0.25, 0.3) is 22.4 Å². The number of primary sulfonamides is 1. The third-order valence-corrected chi connectivity index (χ3v) is 6.77. The number of sulfonamides is 1. The summed E-state index contributed by atoms with van der Waals surface area (Å²) < 4.78 is 59.5. The molecule has 1 aromatic heterocycles. The summed E-state index contributed by atoms with van der Waals surface area (Å²) in [6.45, 7) is 5.22. The molecule has 0 saturated carbocycles. The number of nitrogens with zero attached hydrogens (tertiary/aromatic N) is 1. The number of hydrogen-bond donors (Lipinski definition) is 1. The minimum atomic E-state index is -4.94. The lowest BCUT2D eigenvalue weighted by atomic mass is 9.97. The summed E-state index contributed by atoms with van der Waals surface area (Å²) in [6.07, 6.45) is 0.778. The zero-order chi connectivity index (χ0) is 27.9. The van der Waals surface area contributed by atoms with Crippen molar-refractivity contribution >= 4 is 10.0 Å². The Labute approximate surface area is 225 Å². The topological polar surface area (TPSA) is 156 Å². The van der Waals surface area contributed by atoms with Crippen LogP contribution in [-0.2, 0) is 23.0 Å². The van der Waals surface area contributed by atoms with Gasteiger partial charge in [0.05, 0.1) is 4.90 Å². The van der Waals surface area contributed by atoms with Gasteiger partial charge in [-0.15, -0.1) is 10.2 Å². The molecular formula is C28H29ClN2O6S. The van der Waals surface area contributed by atoms with E-state index in [0.717, 1.165) is 18.5 Å². The zero-order valence-corrected chi connectivity index (χ0v) is 22.6. The van der Waals surface area contributed by atoms with Crippen molar-refractivity contribution in [1.29, 1.82) is 0 Å². The van der Waals surface area contributed by atoms with Crippen LogP contribution in [0.15, 0.2) is 102 Å². The molecule has 3 aromatic carbocycles. The fourth-order valence-corrected chi connectivity index (χ4v) is 4.62. The van der Waals surface area contributed by atoms with Gasteiger partial charge in [0.25, 0.3) is 0 Å². The summed E-state index contributed by atoms with van der Waals surface area (Å²) in [5.41, 5.74) is 7.06. The summed E-state index contributed by atoms with van der Waals surface area (Å²) in [4.78, 5) is 0.138. The molecule has 4 rings (SSSR count). The van der Waals surface area contributed by atoms with Crippen LogP contribution in [0, 0.1) is 10.2 Å². The summed E-state index contributed by atoms with van der Waals surface area (Å²) in [7, 11) is -8.63. The molecule has 0 bridgehead atoms. The number of nitrogens with two attached hydrogens (primary N) is 1. The van der Waals surface area contributed by atoms with Crippen molar-refractivity contribution in [2.24, 2.45) is 5.14 Å². The average Bonchev–Trinajstić information content (AvgIpc) is 2.87. The van der Waals surface area contributed by atoms with Crippen LogP contribution in [0.2, 0.25) is 0 Å². The molecule has 200 valence electrons. The van der Waals surface area contributed by atoms with Crippen LogP contribution >= 0.6 is 0 Å². The first-order valence-corrected chi connectivity index (χ1v) is 14.5. The predicted octanol–water partition coefficient (Wildman–Crippen LogP) is 0.566. The second-order valence-electron chi connectivity index (χ2n) is 8.91. The van der Waals surface area contributed by atoms with Crippen LogP contribution in [0.3, 0.4) is 0 Å². The van der Waals surface area contributed by atoms with Gasteiger partial charge in [-0.3, -0.25) is 0 Å². The van der Waals surface area contributed by atoms with E-state index in [1.165, 1.54) is 28.1 Å². The molecule has 0 aliphatic carbocycles. The summed E-state index contributed by atoms with van der Waals surface area (Å²) in [5.74, 6) is 0.334. The van der Waals surface area contributed by atoms with Gasteiger partial charge < -0.3 is 0 Å². The Kier molecular flexibility index (Phi) is 9.75. The third kappa shape index (κ3) is 8.71. The van der Waals surface area contributed by atoms with Gasteiger partial charge in [-0.05, 0) is 41.0 Å². The lowest BCUT2D eigenvalue weighted by Gasteiger charge is -2.17. The maximum atomic E-state index is 11.6. The molecule has 0 unspecified atom stereocenters. The molecule has 0 fully saturated rings. The van der Waals surface area contributed by atoms with Crippen molar-refractivity contribution in [2.75, 3.05) is 0 Å². The maximum absolute atomic E-state index is 11.6.